The van der Waals surface area contributed by atoms with Gasteiger partial charge < -0.3 is 0 Å². The fourth-order valence-corrected chi connectivity index (χ4v) is 3.91. The van der Waals surface area contributed by atoms with Crippen molar-refractivity contribution in [1.82, 2.24) is 4.72 Å². The third-order valence-electron chi connectivity index (χ3n) is 3.52. The average molecular weight is 281 g/mol. The summed E-state index contributed by atoms with van der Waals surface area (Å²) in [4.78, 5) is 11.8. The summed E-state index contributed by atoms with van der Waals surface area (Å²) < 4.78 is 26.6. The molecule has 4 nitrogen and oxygen atoms in total. The molecule has 1 fully saturated rings. The number of benzene rings is 1. The minimum atomic E-state index is -3.36. The Morgan fingerprint density at radius 3 is 2.37 bits per heavy atom. The van der Waals surface area contributed by atoms with Crippen molar-refractivity contribution in [3.05, 3.63) is 35.9 Å². The van der Waals surface area contributed by atoms with E-state index in [1.54, 1.807) is 24.3 Å². The fraction of sp³-hybridized carbons (Fsp3) is 0.500. The zero-order valence-corrected chi connectivity index (χ0v) is 11.7. The van der Waals surface area contributed by atoms with Gasteiger partial charge >= 0.3 is 0 Å². The van der Waals surface area contributed by atoms with Gasteiger partial charge in [-0.25, -0.2) is 13.1 Å². The van der Waals surface area contributed by atoms with E-state index in [1.807, 2.05) is 6.07 Å². The summed E-state index contributed by atoms with van der Waals surface area (Å²) in [5.41, 5.74) is 0.536. The molecule has 0 radical (unpaired) electrons. The van der Waals surface area contributed by atoms with Crippen molar-refractivity contribution in [1.29, 1.82) is 0 Å². The molecule has 0 saturated heterocycles. The lowest BCUT2D eigenvalue weighted by Gasteiger charge is -2.21. The van der Waals surface area contributed by atoms with Gasteiger partial charge in [-0.2, -0.15) is 0 Å². The number of hydrogen-bond acceptors (Lipinski definition) is 3. The standard InChI is InChI=1S/C14H19NO3S/c16-14(12-7-3-1-4-8-12)11-15-19(17,18)13-9-5-2-6-10-13/h1,3-4,7-8,13,15H,2,5-6,9-11H2. The highest BCUT2D eigenvalue weighted by molar-refractivity contribution is 7.90. The lowest BCUT2D eigenvalue weighted by molar-refractivity contribution is 0.0997. The molecule has 1 aliphatic carbocycles. The van der Waals surface area contributed by atoms with Crippen LogP contribution in [0.1, 0.15) is 42.5 Å². The molecule has 5 heteroatoms. The second-order valence-electron chi connectivity index (χ2n) is 4.92. The molecule has 104 valence electrons. The van der Waals surface area contributed by atoms with Gasteiger partial charge in [-0.1, -0.05) is 49.6 Å². The monoisotopic (exact) mass is 281 g/mol. The lowest BCUT2D eigenvalue weighted by Crippen LogP contribution is -2.38. The van der Waals surface area contributed by atoms with Gasteiger partial charge in [0.15, 0.2) is 5.78 Å². The zero-order chi connectivity index (χ0) is 13.7. The molecule has 0 aromatic heterocycles. The molecule has 0 spiro atoms. The van der Waals surface area contributed by atoms with Crippen molar-refractivity contribution in [3.8, 4) is 0 Å². The summed E-state index contributed by atoms with van der Waals surface area (Å²) in [7, 11) is -3.36. The molecule has 19 heavy (non-hydrogen) atoms. The number of sulfonamides is 1. The summed E-state index contributed by atoms with van der Waals surface area (Å²) in [5.74, 6) is -0.194. The maximum absolute atomic E-state index is 12.1. The quantitative estimate of drug-likeness (QED) is 0.841. The molecule has 0 aliphatic heterocycles. The summed E-state index contributed by atoms with van der Waals surface area (Å²) in [6.07, 6.45) is 4.43. The Bertz CT molecular complexity index is 519. The number of hydrogen-bond donors (Lipinski definition) is 1. The topological polar surface area (TPSA) is 63.2 Å². The molecular weight excluding hydrogens is 262 g/mol. The van der Waals surface area contributed by atoms with Crippen molar-refractivity contribution < 1.29 is 13.2 Å². The van der Waals surface area contributed by atoms with Gasteiger partial charge in [0.05, 0.1) is 11.8 Å². The summed E-state index contributed by atoms with van der Waals surface area (Å²) in [6, 6.07) is 8.74. The van der Waals surface area contributed by atoms with Gasteiger partial charge in [0.2, 0.25) is 10.0 Å². The predicted octanol–water partition coefficient (Wildman–Crippen LogP) is 2.12. The van der Waals surface area contributed by atoms with Crippen LogP contribution < -0.4 is 4.72 Å². The minimum Gasteiger partial charge on any atom is -0.293 e. The first-order valence-corrected chi connectivity index (χ1v) is 8.21. The fourth-order valence-electron chi connectivity index (χ4n) is 2.39. The third kappa shape index (κ3) is 3.88. The molecule has 0 atom stereocenters. The highest BCUT2D eigenvalue weighted by Crippen LogP contribution is 2.22. The molecule has 0 unspecified atom stereocenters. The molecule has 1 N–H and O–H groups in total. The van der Waals surface area contributed by atoms with Crippen molar-refractivity contribution in [2.45, 2.75) is 37.4 Å². The molecule has 0 amide bonds. The number of rotatable bonds is 5. The normalized spacial score (nSPS) is 17.3. The van der Waals surface area contributed by atoms with Crippen LogP contribution >= 0.6 is 0 Å². The lowest BCUT2D eigenvalue weighted by atomic mass is 10.0. The van der Waals surface area contributed by atoms with Gasteiger partial charge in [-0.3, -0.25) is 4.79 Å². The first-order valence-electron chi connectivity index (χ1n) is 6.66. The first kappa shape index (κ1) is 14.2. The Morgan fingerprint density at radius 2 is 1.74 bits per heavy atom. The SMILES string of the molecule is O=C(CNS(=O)(=O)C1CCCCC1)c1ccccc1. The zero-order valence-electron chi connectivity index (χ0n) is 10.8. The Labute approximate surface area is 114 Å². The Hall–Kier alpha value is -1.20. The molecule has 0 bridgehead atoms. The van der Waals surface area contributed by atoms with E-state index < -0.39 is 10.0 Å². The van der Waals surface area contributed by atoms with Gasteiger partial charge in [-0.15, -0.1) is 0 Å². The summed E-state index contributed by atoms with van der Waals surface area (Å²) in [6.45, 7) is -0.150. The van der Waals surface area contributed by atoms with Crippen molar-refractivity contribution in [2.24, 2.45) is 0 Å². The van der Waals surface area contributed by atoms with Crippen LogP contribution in [0.25, 0.3) is 0 Å². The van der Waals surface area contributed by atoms with Crippen LogP contribution in [0.4, 0.5) is 0 Å². The number of carbonyl (C=O) groups excluding carboxylic acids is 1. The molecule has 0 heterocycles. The number of carbonyl (C=O) groups is 1. The highest BCUT2D eigenvalue weighted by atomic mass is 32.2. The molecule has 1 aromatic rings. The van der Waals surface area contributed by atoms with Gasteiger partial charge in [0.1, 0.15) is 0 Å². The Morgan fingerprint density at radius 1 is 1.11 bits per heavy atom. The molecular formula is C14H19NO3S. The van der Waals surface area contributed by atoms with Crippen LogP contribution in [0.2, 0.25) is 0 Å². The molecule has 1 aromatic carbocycles. The maximum Gasteiger partial charge on any atom is 0.214 e. The second-order valence-corrected chi connectivity index (χ2v) is 6.96. The molecule has 1 saturated carbocycles. The van der Waals surface area contributed by atoms with Gasteiger partial charge in [0.25, 0.3) is 0 Å². The Balaban J connectivity index is 1.92. The number of nitrogens with one attached hydrogen (secondary N) is 1. The first-order chi connectivity index (χ1) is 9.09. The van der Waals surface area contributed by atoms with Crippen LogP contribution in [0.5, 0.6) is 0 Å². The second kappa shape index (κ2) is 6.30. The smallest absolute Gasteiger partial charge is 0.214 e. The van der Waals surface area contributed by atoms with E-state index in [0.29, 0.717) is 18.4 Å². The van der Waals surface area contributed by atoms with Crippen LogP contribution in [0.15, 0.2) is 30.3 Å². The average Bonchev–Trinajstić information content (AvgIpc) is 2.47. The summed E-state index contributed by atoms with van der Waals surface area (Å²) in [5, 5.41) is -0.329. The Kier molecular flexibility index (Phi) is 4.71. The number of Topliss-reactive ketones (excluding diaryl/α,β-unsaturated/α-hetero) is 1. The minimum absolute atomic E-state index is 0.150. The van der Waals surface area contributed by atoms with Crippen LogP contribution in [-0.2, 0) is 10.0 Å². The van der Waals surface area contributed by atoms with E-state index in [4.69, 9.17) is 0 Å². The van der Waals surface area contributed by atoms with Crippen molar-refractivity contribution >= 4 is 15.8 Å². The van der Waals surface area contributed by atoms with Crippen LogP contribution in [-0.4, -0.2) is 26.0 Å². The van der Waals surface area contributed by atoms with Crippen molar-refractivity contribution in [3.63, 3.8) is 0 Å². The predicted molar refractivity (Wildman–Crippen MR) is 74.6 cm³/mol. The summed E-state index contributed by atoms with van der Waals surface area (Å²) >= 11 is 0. The molecule has 2 rings (SSSR count). The third-order valence-corrected chi connectivity index (χ3v) is 5.42. The number of ketones is 1. The van der Waals surface area contributed by atoms with Crippen molar-refractivity contribution in [2.75, 3.05) is 6.54 Å². The van der Waals surface area contributed by atoms with E-state index >= 15 is 0 Å². The van der Waals surface area contributed by atoms with E-state index in [9.17, 15) is 13.2 Å². The van der Waals surface area contributed by atoms with E-state index in [2.05, 4.69) is 4.72 Å². The van der Waals surface area contributed by atoms with E-state index in [1.165, 1.54) is 0 Å². The maximum atomic E-state index is 12.1. The highest BCUT2D eigenvalue weighted by Gasteiger charge is 2.27. The van der Waals surface area contributed by atoms with Gasteiger partial charge in [-0.05, 0) is 12.8 Å². The largest absolute Gasteiger partial charge is 0.293 e. The van der Waals surface area contributed by atoms with Crippen LogP contribution in [0.3, 0.4) is 0 Å². The van der Waals surface area contributed by atoms with Crippen LogP contribution in [0, 0.1) is 0 Å². The molecule has 1 aliphatic rings. The van der Waals surface area contributed by atoms with E-state index in [0.717, 1.165) is 19.3 Å². The van der Waals surface area contributed by atoms with Gasteiger partial charge in [0, 0.05) is 5.56 Å². The van der Waals surface area contributed by atoms with E-state index in [-0.39, 0.29) is 17.6 Å².